The molecule has 0 unspecified atom stereocenters. The van der Waals surface area contributed by atoms with Gasteiger partial charge in [-0.05, 0) is 18.6 Å². The van der Waals surface area contributed by atoms with E-state index in [9.17, 15) is 0 Å². The van der Waals surface area contributed by atoms with Crippen LogP contribution in [0.25, 0.3) is 0 Å². The molecule has 0 aliphatic carbocycles. The molecule has 15 heavy (non-hydrogen) atoms. The molecule has 0 fully saturated rings. The maximum absolute atomic E-state index is 6.03. The van der Waals surface area contributed by atoms with Crippen LogP contribution in [0, 0.1) is 0 Å². The summed E-state index contributed by atoms with van der Waals surface area (Å²) in [5.74, 6) is 0.664. The van der Waals surface area contributed by atoms with E-state index in [1.807, 2.05) is 0 Å². The van der Waals surface area contributed by atoms with Gasteiger partial charge in [0.1, 0.15) is 5.75 Å². The quantitative estimate of drug-likeness (QED) is 0.807. The van der Waals surface area contributed by atoms with Crippen molar-refractivity contribution >= 4 is 23.2 Å². The second-order valence-electron chi connectivity index (χ2n) is 3.28. The van der Waals surface area contributed by atoms with E-state index in [0.29, 0.717) is 28.9 Å². The summed E-state index contributed by atoms with van der Waals surface area (Å²) >= 11 is 11.9. The van der Waals surface area contributed by atoms with Gasteiger partial charge in [-0.25, -0.2) is 0 Å². The van der Waals surface area contributed by atoms with Crippen LogP contribution in [0.4, 0.5) is 0 Å². The summed E-state index contributed by atoms with van der Waals surface area (Å²) in [5.41, 5.74) is 6.45. The molecule has 0 spiro atoms. The Kier molecular flexibility index (Phi) is 5.23. The minimum atomic E-state index is 0.377. The number of nitrogens with two attached hydrogens (primary N) is 1. The lowest BCUT2D eigenvalue weighted by molar-refractivity contribution is 0.306. The van der Waals surface area contributed by atoms with Crippen molar-refractivity contribution in [3.8, 4) is 5.75 Å². The van der Waals surface area contributed by atoms with Crippen molar-refractivity contribution in [3.63, 3.8) is 0 Å². The van der Waals surface area contributed by atoms with Gasteiger partial charge in [-0.3, -0.25) is 0 Å². The van der Waals surface area contributed by atoms with E-state index in [-0.39, 0.29) is 0 Å². The molecule has 1 rings (SSSR count). The minimum absolute atomic E-state index is 0.377. The molecule has 0 aromatic heterocycles. The molecule has 0 aliphatic heterocycles. The lowest BCUT2D eigenvalue weighted by Crippen LogP contribution is -2.04. The number of rotatable bonds is 5. The molecule has 1 aromatic carbocycles. The zero-order valence-corrected chi connectivity index (χ0v) is 10.2. The molecule has 0 atom stereocenters. The van der Waals surface area contributed by atoms with Gasteiger partial charge < -0.3 is 10.5 Å². The molecular formula is C11H15Cl2NO. The van der Waals surface area contributed by atoms with Gasteiger partial charge in [0, 0.05) is 17.1 Å². The second-order valence-corrected chi connectivity index (χ2v) is 4.13. The van der Waals surface area contributed by atoms with Crippen LogP contribution in [-0.2, 0) is 6.54 Å². The molecule has 0 bridgehead atoms. The maximum Gasteiger partial charge on any atom is 0.142 e. The summed E-state index contributed by atoms with van der Waals surface area (Å²) in [7, 11) is 0. The van der Waals surface area contributed by atoms with Gasteiger partial charge in [-0.1, -0.05) is 36.5 Å². The number of ether oxygens (including phenoxy) is 1. The Balaban J connectivity index is 2.84. The third-order valence-corrected chi connectivity index (χ3v) is 2.55. The van der Waals surface area contributed by atoms with Crippen molar-refractivity contribution in [3.05, 3.63) is 27.7 Å². The maximum atomic E-state index is 6.03. The van der Waals surface area contributed by atoms with Crippen LogP contribution in [0.3, 0.4) is 0 Å². The van der Waals surface area contributed by atoms with E-state index < -0.39 is 0 Å². The molecule has 0 radical (unpaired) electrons. The van der Waals surface area contributed by atoms with E-state index in [0.717, 1.165) is 18.4 Å². The SMILES string of the molecule is CCCCOc1c(Cl)cc(Cl)cc1CN. The number of halogens is 2. The zero-order valence-electron chi connectivity index (χ0n) is 8.72. The Labute approximate surface area is 100 Å². The van der Waals surface area contributed by atoms with Crippen molar-refractivity contribution in [1.82, 2.24) is 0 Å². The molecule has 0 saturated carbocycles. The van der Waals surface area contributed by atoms with Crippen LogP contribution in [0.5, 0.6) is 5.75 Å². The van der Waals surface area contributed by atoms with Crippen LogP contribution in [-0.4, -0.2) is 6.61 Å². The van der Waals surface area contributed by atoms with E-state index in [1.165, 1.54) is 0 Å². The van der Waals surface area contributed by atoms with Gasteiger partial charge >= 0.3 is 0 Å². The number of hydrogen-bond donors (Lipinski definition) is 1. The monoisotopic (exact) mass is 247 g/mol. The first kappa shape index (κ1) is 12.6. The van der Waals surface area contributed by atoms with Gasteiger partial charge in [0.25, 0.3) is 0 Å². The fourth-order valence-electron chi connectivity index (χ4n) is 1.25. The summed E-state index contributed by atoms with van der Waals surface area (Å²) < 4.78 is 5.58. The molecule has 2 nitrogen and oxygen atoms in total. The lowest BCUT2D eigenvalue weighted by Gasteiger charge is -2.12. The highest BCUT2D eigenvalue weighted by Crippen LogP contribution is 2.32. The summed E-state index contributed by atoms with van der Waals surface area (Å²) in [5, 5.41) is 1.11. The predicted molar refractivity (Wildman–Crippen MR) is 64.8 cm³/mol. The summed E-state index contributed by atoms with van der Waals surface area (Å²) in [6, 6.07) is 3.46. The fourth-order valence-corrected chi connectivity index (χ4v) is 1.84. The van der Waals surface area contributed by atoms with Crippen LogP contribution in [0.2, 0.25) is 10.0 Å². The van der Waals surface area contributed by atoms with Crippen LogP contribution >= 0.6 is 23.2 Å². The van der Waals surface area contributed by atoms with Crippen molar-refractivity contribution < 1.29 is 4.74 Å². The van der Waals surface area contributed by atoms with Crippen molar-refractivity contribution in [2.24, 2.45) is 5.73 Å². The largest absolute Gasteiger partial charge is 0.492 e. The Morgan fingerprint density at radius 2 is 2.07 bits per heavy atom. The second kappa shape index (κ2) is 6.21. The normalized spacial score (nSPS) is 10.4. The Hall–Kier alpha value is -0.440. The molecule has 0 heterocycles. The highest BCUT2D eigenvalue weighted by Gasteiger charge is 2.09. The smallest absolute Gasteiger partial charge is 0.142 e. The summed E-state index contributed by atoms with van der Waals surface area (Å²) in [6.45, 7) is 3.14. The van der Waals surface area contributed by atoms with E-state index >= 15 is 0 Å². The van der Waals surface area contributed by atoms with Crippen molar-refractivity contribution in [1.29, 1.82) is 0 Å². The summed E-state index contributed by atoms with van der Waals surface area (Å²) in [6.07, 6.45) is 2.09. The van der Waals surface area contributed by atoms with E-state index in [4.69, 9.17) is 33.7 Å². The summed E-state index contributed by atoms with van der Waals surface area (Å²) in [4.78, 5) is 0. The molecule has 0 amide bonds. The molecule has 2 N–H and O–H groups in total. The molecule has 4 heteroatoms. The standard InChI is InChI=1S/C11H15Cl2NO/c1-2-3-4-15-11-8(7-14)5-9(12)6-10(11)13/h5-6H,2-4,7,14H2,1H3. The average molecular weight is 248 g/mol. The first-order chi connectivity index (χ1) is 7.19. The Morgan fingerprint density at radius 1 is 1.33 bits per heavy atom. The first-order valence-electron chi connectivity index (χ1n) is 4.99. The van der Waals surface area contributed by atoms with Gasteiger partial charge in [0.15, 0.2) is 0 Å². The van der Waals surface area contributed by atoms with Crippen LogP contribution in [0.1, 0.15) is 25.3 Å². The van der Waals surface area contributed by atoms with Crippen LogP contribution < -0.4 is 10.5 Å². The molecule has 0 aliphatic rings. The molecular weight excluding hydrogens is 233 g/mol. The third kappa shape index (κ3) is 3.56. The number of benzene rings is 1. The Morgan fingerprint density at radius 3 is 2.67 bits per heavy atom. The van der Waals surface area contributed by atoms with Gasteiger partial charge in [0.2, 0.25) is 0 Å². The predicted octanol–water partition coefficient (Wildman–Crippen LogP) is 3.63. The highest BCUT2D eigenvalue weighted by molar-refractivity contribution is 6.35. The minimum Gasteiger partial charge on any atom is -0.492 e. The van der Waals surface area contributed by atoms with E-state index in [2.05, 4.69) is 6.92 Å². The van der Waals surface area contributed by atoms with Crippen LogP contribution in [0.15, 0.2) is 12.1 Å². The Bertz CT molecular complexity index is 329. The van der Waals surface area contributed by atoms with Gasteiger partial charge in [-0.15, -0.1) is 0 Å². The van der Waals surface area contributed by atoms with Crippen molar-refractivity contribution in [2.45, 2.75) is 26.3 Å². The van der Waals surface area contributed by atoms with Gasteiger partial charge in [-0.2, -0.15) is 0 Å². The van der Waals surface area contributed by atoms with Crippen molar-refractivity contribution in [2.75, 3.05) is 6.61 Å². The van der Waals surface area contributed by atoms with Gasteiger partial charge in [0.05, 0.1) is 11.6 Å². The highest BCUT2D eigenvalue weighted by atomic mass is 35.5. The number of unbranched alkanes of at least 4 members (excludes halogenated alkanes) is 1. The molecule has 84 valence electrons. The van der Waals surface area contributed by atoms with E-state index in [1.54, 1.807) is 12.1 Å². The first-order valence-corrected chi connectivity index (χ1v) is 5.75. The lowest BCUT2D eigenvalue weighted by atomic mass is 10.2. The molecule has 1 aromatic rings. The molecule has 0 saturated heterocycles. The topological polar surface area (TPSA) is 35.2 Å². The average Bonchev–Trinajstić information content (AvgIpc) is 2.20. The zero-order chi connectivity index (χ0) is 11.3. The number of hydrogen-bond acceptors (Lipinski definition) is 2. The third-order valence-electron chi connectivity index (χ3n) is 2.05. The fraction of sp³-hybridized carbons (Fsp3) is 0.455.